The van der Waals surface area contributed by atoms with Gasteiger partial charge < -0.3 is 9.84 Å². The first-order valence-corrected chi connectivity index (χ1v) is 7.32. The van der Waals surface area contributed by atoms with E-state index < -0.39 is 38.0 Å². The third-order valence-corrected chi connectivity index (χ3v) is 4.57. The molecule has 0 bridgehead atoms. The van der Waals surface area contributed by atoms with Gasteiger partial charge in [-0.2, -0.15) is 4.31 Å². The SMILES string of the molecule is COCCN(CCO)S(=O)(=O)c1ccc([N+](=O)[O-])cc1F. The van der Waals surface area contributed by atoms with Gasteiger partial charge in [0.15, 0.2) is 0 Å². The van der Waals surface area contributed by atoms with Crippen LogP contribution in [0.4, 0.5) is 10.1 Å². The number of halogens is 1. The molecular weight excluding hydrogens is 307 g/mol. The Morgan fingerprint density at radius 1 is 1.43 bits per heavy atom. The number of non-ortho nitro benzene ring substituents is 1. The fraction of sp³-hybridized carbons (Fsp3) is 0.455. The van der Waals surface area contributed by atoms with Gasteiger partial charge >= 0.3 is 0 Å². The Morgan fingerprint density at radius 2 is 2.10 bits per heavy atom. The fourth-order valence-electron chi connectivity index (χ4n) is 1.61. The first kappa shape index (κ1) is 17.4. The predicted octanol–water partition coefficient (Wildman–Crippen LogP) is 0.363. The van der Waals surface area contributed by atoms with Gasteiger partial charge in [0.25, 0.3) is 5.69 Å². The van der Waals surface area contributed by atoms with E-state index >= 15 is 0 Å². The summed E-state index contributed by atoms with van der Waals surface area (Å²) in [7, 11) is -2.84. The summed E-state index contributed by atoms with van der Waals surface area (Å²) in [6, 6.07) is 2.28. The van der Waals surface area contributed by atoms with Crippen LogP contribution in [-0.4, -0.2) is 56.2 Å². The Labute approximate surface area is 121 Å². The number of rotatable bonds is 8. The maximum absolute atomic E-state index is 13.8. The number of methoxy groups -OCH3 is 1. The number of aliphatic hydroxyl groups is 1. The summed E-state index contributed by atoms with van der Waals surface area (Å²) in [6.45, 7) is -0.691. The lowest BCUT2D eigenvalue weighted by Crippen LogP contribution is -2.36. The van der Waals surface area contributed by atoms with Crippen molar-refractivity contribution in [3.63, 3.8) is 0 Å². The Kier molecular flexibility index (Phi) is 6.15. The van der Waals surface area contributed by atoms with E-state index in [9.17, 15) is 22.9 Å². The molecule has 1 N–H and O–H groups in total. The number of hydrogen-bond acceptors (Lipinski definition) is 6. The molecule has 0 fully saturated rings. The van der Waals surface area contributed by atoms with E-state index in [-0.39, 0.29) is 19.7 Å². The summed E-state index contributed by atoms with van der Waals surface area (Å²) in [5.41, 5.74) is -0.544. The quantitative estimate of drug-likeness (QED) is 0.547. The lowest BCUT2D eigenvalue weighted by molar-refractivity contribution is -0.385. The van der Waals surface area contributed by atoms with Crippen molar-refractivity contribution in [1.82, 2.24) is 4.31 Å². The molecular formula is C11H15FN2O6S. The minimum Gasteiger partial charge on any atom is -0.395 e. The molecule has 0 aliphatic heterocycles. The van der Waals surface area contributed by atoms with Crippen LogP contribution in [0.2, 0.25) is 0 Å². The molecule has 118 valence electrons. The number of hydrogen-bond donors (Lipinski definition) is 1. The van der Waals surface area contributed by atoms with Gasteiger partial charge in [0.2, 0.25) is 10.0 Å². The molecule has 21 heavy (non-hydrogen) atoms. The van der Waals surface area contributed by atoms with Crippen molar-refractivity contribution in [2.75, 3.05) is 33.4 Å². The Morgan fingerprint density at radius 3 is 2.57 bits per heavy atom. The number of nitrogens with zero attached hydrogens (tertiary/aromatic N) is 2. The van der Waals surface area contributed by atoms with Gasteiger partial charge in [-0.25, -0.2) is 12.8 Å². The van der Waals surface area contributed by atoms with Crippen LogP contribution >= 0.6 is 0 Å². The lowest BCUT2D eigenvalue weighted by atomic mass is 10.3. The van der Waals surface area contributed by atoms with E-state index in [4.69, 9.17) is 9.84 Å². The second-order valence-electron chi connectivity index (χ2n) is 3.99. The molecule has 0 spiro atoms. The molecule has 1 rings (SSSR count). The second-order valence-corrected chi connectivity index (χ2v) is 5.90. The van der Waals surface area contributed by atoms with E-state index in [0.717, 1.165) is 16.4 Å². The maximum atomic E-state index is 13.8. The summed E-state index contributed by atoms with van der Waals surface area (Å²) in [6.07, 6.45) is 0. The van der Waals surface area contributed by atoms with Gasteiger partial charge in [0.05, 0.1) is 24.2 Å². The zero-order valence-electron chi connectivity index (χ0n) is 11.2. The highest BCUT2D eigenvalue weighted by atomic mass is 32.2. The molecule has 1 aromatic rings. The first-order valence-electron chi connectivity index (χ1n) is 5.88. The summed E-state index contributed by atoms with van der Waals surface area (Å²) in [5.74, 6) is -1.22. The standard InChI is InChI=1S/C11H15FN2O6S/c1-20-7-5-13(4-6-15)21(18,19)11-3-2-9(14(16)17)8-10(11)12/h2-3,8,15H,4-7H2,1H3. The van der Waals surface area contributed by atoms with Crippen LogP contribution in [0.15, 0.2) is 23.1 Å². The van der Waals surface area contributed by atoms with Gasteiger partial charge in [-0.05, 0) is 6.07 Å². The third kappa shape index (κ3) is 4.17. The van der Waals surface area contributed by atoms with Crippen LogP contribution in [0.25, 0.3) is 0 Å². The molecule has 8 nitrogen and oxygen atoms in total. The lowest BCUT2D eigenvalue weighted by Gasteiger charge is -2.21. The summed E-state index contributed by atoms with van der Waals surface area (Å²) < 4.78 is 44.0. The average molecular weight is 322 g/mol. The Bertz CT molecular complexity index is 607. The molecule has 0 aliphatic rings. The highest BCUT2D eigenvalue weighted by Crippen LogP contribution is 2.23. The van der Waals surface area contributed by atoms with Crippen molar-refractivity contribution in [1.29, 1.82) is 0 Å². The third-order valence-electron chi connectivity index (χ3n) is 2.64. The minimum absolute atomic E-state index is 0.0633. The largest absolute Gasteiger partial charge is 0.395 e. The van der Waals surface area contributed by atoms with Crippen LogP contribution in [-0.2, 0) is 14.8 Å². The molecule has 0 heterocycles. The van der Waals surface area contributed by atoms with E-state index in [1.54, 1.807) is 0 Å². The molecule has 0 unspecified atom stereocenters. The predicted molar refractivity (Wildman–Crippen MR) is 70.8 cm³/mol. The number of sulfonamides is 1. The van der Waals surface area contributed by atoms with Gasteiger partial charge in [0, 0.05) is 26.3 Å². The highest BCUT2D eigenvalue weighted by Gasteiger charge is 2.28. The van der Waals surface area contributed by atoms with E-state index in [2.05, 4.69) is 0 Å². The van der Waals surface area contributed by atoms with E-state index in [1.165, 1.54) is 7.11 Å². The number of aliphatic hydroxyl groups excluding tert-OH is 1. The van der Waals surface area contributed by atoms with Crippen LogP contribution in [0.3, 0.4) is 0 Å². The van der Waals surface area contributed by atoms with Gasteiger partial charge in [0.1, 0.15) is 10.7 Å². The Hall–Kier alpha value is -1.62. The molecule has 0 atom stereocenters. The van der Waals surface area contributed by atoms with Gasteiger partial charge in [-0.15, -0.1) is 0 Å². The molecule has 10 heteroatoms. The molecule has 0 radical (unpaired) electrons. The normalized spacial score (nSPS) is 11.8. The number of benzene rings is 1. The summed E-state index contributed by atoms with van der Waals surface area (Å²) in [4.78, 5) is 9.02. The van der Waals surface area contributed by atoms with Crippen molar-refractivity contribution < 1.29 is 27.6 Å². The van der Waals surface area contributed by atoms with E-state index in [0.29, 0.717) is 6.07 Å². The van der Waals surface area contributed by atoms with Crippen LogP contribution in [0.5, 0.6) is 0 Å². The number of ether oxygens (including phenoxy) is 1. The zero-order chi connectivity index (χ0) is 16.0. The van der Waals surface area contributed by atoms with Crippen LogP contribution in [0, 0.1) is 15.9 Å². The topological polar surface area (TPSA) is 110 Å². The molecule has 0 aromatic heterocycles. The van der Waals surface area contributed by atoms with Crippen molar-refractivity contribution in [2.45, 2.75) is 4.90 Å². The second kappa shape index (κ2) is 7.41. The fourth-order valence-corrected chi connectivity index (χ4v) is 3.07. The summed E-state index contributed by atoms with van der Waals surface area (Å²) in [5, 5.41) is 19.4. The van der Waals surface area contributed by atoms with Crippen molar-refractivity contribution in [3.05, 3.63) is 34.1 Å². The smallest absolute Gasteiger partial charge is 0.272 e. The molecule has 0 saturated heterocycles. The minimum atomic E-state index is -4.21. The number of nitro groups is 1. The maximum Gasteiger partial charge on any atom is 0.272 e. The van der Waals surface area contributed by atoms with Crippen LogP contribution < -0.4 is 0 Å². The van der Waals surface area contributed by atoms with Crippen molar-refractivity contribution >= 4 is 15.7 Å². The van der Waals surface area contributed by atoms with Gasteiger partial charge in [-0.3, -0.25) is 10.1 Å². The van der Waals surface area contributed by atoms with Gasteiger partial charge in [-0.1, -0.05) is 0 Å². The van der Waals surface area contributed by atoms with Crippen molar-refractivity contribution in [3.8, 4) is 0 Å². The average Bonchev–Trinajstić information content (AvgIpc) is 2.42. The molecule has 0 aliphatic carbocycles. The highest BCUT2D eigenvalue weighted by molar-refractivity contribution is 7.89. The molecule has 1 aromatic carbocycles. The molecule has 0 saturated carbocycles. The number of nitro benzene ring substituents is 1. The van der Waals surface area contributed by atoms with Crippen molar-refractivity contribution in [2.24, 2.45) is 0 Å². The Balaban J connectivity index is 3.18. The first-order chi connectivity index (χ1) is 9.84. The summed E-state index contributed by atoms with van der Waals surface area (Å²) >= 11 is 0. The van der Waals surface area contributed by atoms with E-state index in [1.807, 2.05) is 0 Å². The monoisotopic (exact) mass is 322 g/mol. The van der Waals surface area contributed by atoms with Crippen LogP contribution in [0.1, 0.15) is 0 Å². The zero-order valence-corrected chi connectivity index (χ0v) is 12.0. The molecule has 0 amide bonds.